The molecule has 0 aromatic heterocycles. The summed E-state index contributed by atoms with van der Waals surface area (Å²) in [6.45, 7) is 0.292. The number of ether oxygens (including phenoxy) is 1. The van der Waals surface area contributed by atoms with E-state index in [-0.39, 0.29) is 17.0 Å². The Bertz CT molecular complexity index is 558. The average Bonchev–Trinajstić information content (AvgIpc) is 3.16. The molecule has 1 saturated carbocycles. The molecule has 0 radical (unpaired) electrons. The summed E-state index contributed by atoms with van der Waals surface area (Å²) in [7, 11) is 0. The smallest absolute Gasteiger partial charge is 0.305 e. The average molecular weight is 283 g/mol. The monoisotopic (exact) mass is 283 g/mol. The predicted molar refractivity (Wildman–Crippen MR) is 68.2 cm³/mol. The number of nitro groups is 1. The molecule has 1 fully saturated rings. The van der Waals surface area contributed by atoms with E-state index >= 15 is 0 Å². The number of rotatable bonds is 6. The zero-order chi connectivity index (χ0) is 14.8. The highest BCUT2D eigenvalue weighted by atomic mass is 19.1. The van der Waals surface area contributed by atoms with Crippen molar-refractivity contribution in [3.05, 3.63) is 34.1 Å². The first-order chi connectivity index (χ1) is 9.46. The molecule has 3 N–H and O–H groups in total. The molecule has 1 aromatic rings. The van der Waals surface area contributed by atoms with Crippen molar-refractivity contribution in [3.63, 3.8) is 0 Å². The van der Waals surface area contributed by atoms with Gasteiger partial charge in [0.25, 0.3) is 0 Å². The molecule has 1 aromatic carbocycles. The van der Waals surface area contributed by atoms with Crippen LogP contribution < -0.4 is 10.5 Å². The van der Waals surface area contributed by atoms with Gasteiger partial charge in [-0.2, -0.15) is 4.39 Å². The highest BCUT2D eigenvalue weighted by molar-refractivity contribution is 5.80. The quantitative estimate of drug-likeness (QED) is 0.273. The molecule has 0 saturated heterocycles. The van der Waals surface area contributed by atoms with E-state index in [0.29, 0.717) is 13.0 Å². The van der Waals surface area contributed by atoms with Crippen LogP contribution in [0.5, 0.6) is 5.75 Å². The van der Waals surface area contributed by atoms with Gasteiger partial charge in [0.1, 0.15) is 11.6 Å². The van der Waals surface area contributed by atoms with E-state index in [1.807, 2.05) is 0 Å². The number of nitro benzene ring substituents is 1. The molecule has 0 aliphatic heterocycles. The van der Waals surface area contributed by atoms with Gasteiger partial charge in [0, 0.05) is 24.0 Å². The standard InChI is InChI=1S/C12H14FN3O4/c13-9-5-8(1-2-10(9)16(18)19)20-7-12(3-4-12)6-11(14)15-17/h1-2,5,17H,3-4,6-7H2,(H2,14,15). The first-order valence-corrected chi connectivity index (χ1v) is 5.99. The molecule has 0 amide bonds. The van der Waals surface area contributed by atoms with Gasteiger partial charge in [-0.3, -0.25) is 10.1 Å². The number of halogens is 1. The molecule has 0 atom stereocenters. The topological polar surface area (TPSA) is 111 Å². The van der Waals surface area contributed by atoms with Crippen molar-refractivity contribution in [2.24, 2.45) is 16.3 Å². The van der Waals surface area contributed by atoms with E-state index in [4.69, 9.17) is 15.7 Å². The molecule has 0 spiro atoms. The van der Waals surface area contributed by atoms with Crippen LogP contribution >= 0.6 is 0 Å². The lowest BCUT2D eigenvalue weighted by molar-refractivity contribution is -0.387. The number of nitrogens with zero attached hydrogens (tertiary/aromatic N) is 2. The van der Waals surface area contributed by atoms with Crippen molar-refractivity contribution < 1.29 is 19.3 Å². The van der Waals surface area contributed by atoms with Crippen LogP contribution in [0.4, 0.5) is 10.1 Å². The first kappa shape index (κ1) is 14.0. The molecule has 0 unspecified atom stereocenters. The van der Waals surface area contributed by atoms with Crippen LogP contribution in [0.2, 0.25) is 0 Å². The number of oxime groups is 1. The Morgan fingerprint density at radius 3 is 2.80 bits per heavy atom. The molecule has 108 valence electrons. The van der Waals surface area contributed by atoms with E-state index in [0.717, 1.165) is 25.0 Å². The first-order valence-electron chi connectivity index (χ1n) is 5.99. The van der Waals surface area contributed by atoms with Crippen molar-refractivity contribution in [2.45, 2.75) is 19.3 Å². The molecule has 0 bridgehead atoms. The van der Waals surface area contributed by atoms with Gasteiger partial charge in [-0.15, -0.1) is 0 Å². The fourth-order valence-corrected chi connectivity index (χ4v) is 1.93. The molecule has 1 aliphatic rings. The Morgan fingerprint density at radius 2 is 2.30 bits per heavy atom. The van der Waals surface area contributed by atoms with E-state index in [9.17, 15) is 14.5 Å². The molecule has 0 heterocycles. The van der Waals surface area contributed by atoms with Crippen molar-refractivity contribution in [2.75, 3.05) is 6.61 Å². The Morgan fingerprint density at radius 1 is 1.60 bits per heavy atom. The van der Waals surface area contributed by atoms with Gasteiger partial charge in [-0.1, -0.05) is 5.16 Å². The number of benzene rings is 1. The fourth-order valence-electron chi connectivity index (χ4n) is 1.93. The summed E-state index contributed by atoms with van der Waals surface area (Å²) < 4.78 is 18.8. The number of hydrogen-bond acceptors (Lipinski definition) is 5. The van der Waals surface area contributed by atoms with Crippen molar-refractivity contribution in [1.29, 1.82) is 0 Å². The normalized spacial score (nSPS) is 16.8. The second kappa shape index (κ2) is 5.32. The van der Waals surface area contributed by atoms with Gasteiger partial charge in [0.15, 0.2) is 0 Å². The van der Waals surface area contributed by atoms with Crippen LogP contribution in [0, 0.1) is 21.3 Å². The van der Waals surface area contributed by atoms with E-state index < -0.39 is 16.4 Å². The second-order valence-corrected chi connectivity index (χ2v) is 4.93. The third-order valence-corrected chi connectivity index (χ3v) is 3.30. The molecule has 7 nitrogen and oxygen atoms in total. The highest BCUT2D eigenvalue weighted by Gasteiger charge is 2.44. The van der Waals surface area contributed by atoms with Gasteiger partial charge in [0.2, 0.25) is 5.82 Å². The second-order valence-electron chi connectivity index (χ2n) is 4.93. The minimum absolute atomic E-state index is 0.126. The molecule has 1 aliphatic carbocycles. The summed E-state index contributed by atoms with van der Waals surface area (Å²) >= 11 is 0. The van der Waals surface area contributed by atoms with Gasteiger partial charge < -0.3 is 15.7 Å². The highest BCUT2D eigenvalue weighted by Crippen LogP contribution is 2.49. The molecule has 8 heteroatoms. The van der Waals surface area contributed by atoms with E-state index in [1.54, 1.807) is 0 Å². The van der Waals surface area contributed by atoms with Crippen LogP contribution in [0.25, 0.3) is 0 Å². The fraction of sp³-hybridized carbons (Fsp3) is 0.417. The van der Waals surface area contributed by atoms with Crippen molar-refractivity contribution >= 4 is 11.5 Å². The lowest BCUT2D eigenvalue weighted by Gasteiger charge is -2.15. The summed E-state index contributed by atoms with van der Waals surface area (Å²) in [4.78, 5) is 9.70. The Kier molecular flexibility index (Phi) is 3.73. The zero-order valence-corrected chi connectivity index (χ0v) is 10.6. The third-order valence-electron chi connectivity index (χ3n) is 3.30. The summed E-state index contributed by atoms with van der Waals surface area (Å²) in [6, 6.07) is 3.40. The number of nitrogens with two attached hydrogens (primary N) is 1. The number of amidine groups is 1. The zero-order valence-electron chi connectivity index (χ0n) is 10.6. The minimum atomic E-state index is -0.936. The van der Waals surface area contributed by atoms with Crippen LogP contribution in [-0.2, 0) is 0 Å². The van der Waals surface area contributed by atoms with Crippen LogP contribution in [-0.4, -0.2) is 22.6 Å². The van der Waals surface area contributed by atoms with E-state index in [2.05, 4.69) is 5.16 Å². The maximum Gasteiger partial charge on any atom is 0.305 e. The van der Waals surface area contributed by atoms with Crippen LogP contribution in [0.15, 0.2) is 23.4 Å². The van der Waals surface area contributed by atoms with Crippen LogP contribution in [0.3, 0.4) is 0 Å². The summed E-state index contributed by atoms with van der Waals surface area (Å²) in [5.41, 5.74) is 4.68. The van der Waals surface area contributed by atoms with Gasteiger partial charge in [-0.05, 0) is 18.9 Å². The largest absolute Gasteiger partial charge is 0.493 e. The molecule has 2 rings (SSSR count). The molecular weight excluding hydrogens is 269 g/mol. The lowest BCUT2D eigenvalue weighted by atomic mass is 10.0. The summed E-state index contributed by atoms with van der Waals surface area (Å²) in [5.74, 6) is -0.589. The summed E-state index contributed by atoms with van der Waals surface area (Å²) in [6.07, 6.45) is 2.15. The molecule has 20 heavy (non-hydrogen) atoms. The van der Waals surface area contributed by atoms with Gasteiger partial charge >= 0.3 is 5.69 Å². The van der Waals surface area contributed by atoms with Crippen LogP contribution in [0.1, 0.15) is 19.3 Å². The van der Waals surface area contributed by atoms with Crippen molar-refractivity contribution in [3.8, 4) is 5.75 Å². The lowest BCUT2D eigenvalue weighted by Crippen LogP contribution is -2.22. The predicted octanol–water partition coefficient (Wildman–Crippen LogP) is 2.03. The van der Waals surface area contributed by atoms with Gasteiger partial charge in [-0.25, -0.2) is 0 Å². The Balaban J connectivity index is 1.98. The summed E-state index contributed by atoms with van der Waals surface area (Å²) in [5, 5.41) is 21.9. The maximum absolute atomic E-state index is 13.4. The third kappa shape index (κ3) is 3.14. The van der Waals surface area contributed by atoms with Crippen molar-refractivity contribution in [1.82, 2.24) is 0 Å². The van der Waals surface area contributed by atoms with E-state index in [1.165, 1.54) is 6.07 Å². The molecular formula is C12H14FN3O4. The maximum atomic E-state index is 13.4. The Labute approximate surface area is 114 Å². The SMILES string of the molecule is NC(CC1(COc2ccc([N+](=O)[O-])c(F)c2)CC1)=NO. The Hall–Kier alpha value is -2.38. The van der Waals surface area contributed by atoms with Gasteiger partial charge in [0.05, 0.1) is 11.5 Å². The minimum Gasteiger partial charge on any atom is -0.493 e. The number of hydrogen-bond donors (Lipinski definition) is 2.